The molecule has 0 bridgehead atoms. The summed E-state index contributed by atoms with van der Waals surface area (Å²) < 4.78 is 0. The summed E-state index contributed by atoms with van der Waals surface area (Å²) in [5, 5.41) is 0. The maximum Gasteiger partial charge on any atom is -0.0352 e. The first-order valence-electron chi connectivity index (χ1n) is 11.3. The molecule has 4 aliphatic carbocycles. The number of hydrogen-bond donors (Lipinski definition) is 0. The van der Waals surface area contributed by atoms with Crippen LogP contribution in [-0.4, -0.2) is 0 Å². The number of rotatable bonds is 3. The monoisotopic (exact) mass is 316 g/mol. The van der Waals surface area contributed by atoms with Gasteiger partial charge < -0.3 is 0 Å². The molecule has 0 amide bonds. The second-order valence-corrected chi connectivity index (χ2v) is 9.88. The van der Waals surface area contributed by atoms with E-state index in [1.54, 1.807) is 70.6 Å². The predicted molar refractivity (Wildman–Crippen MR) is 99.3 cm³/mol. The first kappa shape index (κ1) is 16.5. The van der Waals surface area contributed by atoms with Gasteiger partial charge in [-0.15, -0.1) is 0 Å². The van der Waals surface area contributed by atoms with Gasteiger partial charge in [0.25, 0.3) is 0 Å². The van der Waals surface area contributed by atoms with Gasteiger partial charge in [0.15, 0.2) is 0 Å². The van der Waals surface area contributed by atoms with Crippen LogP contribution in [0, 0.1) is 47.3 Å². The zero-order valence-corrected chi connectivity index (χ0v) is 15.8. The summed E-state index contributed by atoms with van der Waals surface area (Å²) in [6.07, 6.45) is 20.3. The molecule has 0 aromatic rings. The third-order valence-corrected chi connectivity index (χ3v) is 8.97. The van der Waals surface area contributed by atoms with E-state index in [1.807, 2.05) is 0 Å². The van der Waals surface area contributed by atoms with Crippen molar-refractivity contribution in [2.45, 2.75) is 97.3 Å². The molecule has 4 aliphatic rings. The molecule has 0 aliphatic heterocycles. The molecule has 0 heterocycles. The molecule has 0 N–H and O–H groups in total. The molecule has 8 unspecified atom stereocenters. The van der Waals surface area contributed by atoms with Gasteiger partial charge in [0.2, 0.25) is 0 Å². The van der Waals surface area contributed by atoms with Crippen LogP contribution >= 0.6 is 0 Å². The molecule has 0 heteroatoms. The molecule has 132 valence electrons. The third kappa shape index (κ3) is 3.02. The molecule has 0 saturated heterocycles. The molecule has 0 aromatic heterocycles. The minimum absolute atomic E-state index is 0.996. The van der Waals surface area contributed by atoms with Crippen molar-refractivity contribution in [3.8, 4) is 0 Å². The van der Waals surface area contributed by atoms with E-state index in [2.05, 4.69) is 13.8 Å². The fourth-order valence-corrected chi connectivity index (χ4v) is 8.11. The summed E-state index contributed by atoms with van der Waals surface area (Å²) in [4.78, 5) is 0. The van der Waals surface area contributed by atoms with Gasteiger partial charge in [0.05, 0.1) is 0 Å². The van der Waals surface area contributed by atoms with E-state index in [0.717, 1.165) is 47.3 Å². The average Bonchev–Trinajstić information content (AvgIpc) is 2.60. The normalized spacial score (nSPS) is 48.0. The summed E-state index contributed by atoms with van der Waals surface area (Å²) in [5.74, 6) is 8.91. The molecule has 4 saturated carbocycles. The van der Waals surface area contributed by atoms with Crippen LogP contribution in [0.5, 0.6) is 0 Å². The highest BCUT2D eigenvalue weighted by Gasteiger charge is 2.50. The van der Waals surface area contributed by atoms with Crippen molar-refractivity contribution in [3.05, 3.63) is 0 Å². The maximum atomic E-state index is 2.58. The average molecular weight is 317 g/mol. The minimum atomic E-state index is 0.996. The van der Waals surface area contributed by atoms with Crippen molar-refractivity contribution < 1.29 is 0 Å². The first-order chi connectivity index (χ1) is 11.3. The van der Waals surface area contributed by atoms with Crippen molar-refractivity contribution in [1.29, 1.82) is 0 Å². The molecule has 0 spiro atoms. The Morgan fingerprint density at radius 1 is 0.652 bits per heavy atom. The number of hydrogen-bond acceptors (Lipinski definition) is 0. The summed E-state index contributed by atoms with van der Waals surface area (Å²) in [6.45, 7) is 4.97. The van der Waals surface area contributed by atoms with Gasteiger partial charge in [0, 0.05) is 0 Å². The van der Waals surface area contributed by atoms with Crippen LogP contribution in [0.4, 0.5) is 0 Å². The molecule has 23 heavy (non-hydrogen) atoms. The van der Waals surface area contributed by atoms with Gasteiger partial charge in [-0.3, -0.25) is 0 Å². The summed E-state index contributed by atoms with van der Waals surface area (Å²) in [6, 6.07) is 0. The highest BCUT2D eigenvalue weighted by molar-refractivity contribution is 4.99. The maximum absolute atomic E-state index is 2.58. The topological polar surface area (TPSA) is 0 Å². The van der Waals surface area contributed by atoms with Crippen LogP contribution in [0.2, 0.25) is 0 Å². The Morgan fingerprint density at radius 3 is 2.17 bits per heavy atom. The Bertz CT molecular complexity index is 385. The van der Waals surface area contributed by atoms with Gasteiger partial charge in [-0.05, 0) is 92.3 Å². The van der Waals surface area contributed by atoms with Crippen molar-refractivity contribution >= 4 is 0 Å². The molecular weight excluding hydrogens is 276 g/mol. The summed E-state index contributed by atoms with van der Waals surface area (Å²) >= 11 is 0. The lowest BCUT2D eigenvalue weighted by molar-refractivity contribution is -0.0664. The lowest BCUT2D eigenvalue weighted by atomic mass is 9.49. The number of fused-ring (bicyclic) bond motifs is 5. The van der Waals surface area contributed by atoms with E-state index in [1.165, 1.54) is 12.8 Å². The Kier molecular flexibility index (Phi) is 5.07. The molecule has 4 rings (SSSR count). The summed E-state index contributed by atoms with van der Waals surface area (Å²) in [5.41, 5.74) is 0. The van der Waals surface area contributed by atoms with Crippen molar-refractivity contribution in [2.24, 2.45) is 47.3 Å². The largest absolute Gasteiger partial charge is 0.0654 e. The Balaban J connectivity index is 1.49. The third-order valence-electron chi connectivity index (χ3n) is 8.97. The van der Waals surface area contributed by atoms with E-state index in [9.17, 15) is 0 Å². The second kappa shape index (κ2) is 7.09. The zero-order chi connectivity index (χ0) is 15.8. The van der Waals surface area contributed by atoms with Crippen LogP contribution in [0.1, 0.15) is 97.3 Å². The lowest BCUT2D eigenvalue weighted by Crippen LogP contribution is -2.48. The molecule has 0 radical (unpaired) electrons. The van der Waals surface area contributed by atoms with E-state index in [-0.39, 0.29) is 0 Å². The van der Waals surface area contributed by atoms with E-state index in [0.29, 0.717) is 0 Å². The van der Waals surface area contributed by atoms with Crippen LogP contribution in [0.25, 0.3) is 0 Å². The van der Waals surface area contributed by atoms with Crippen molar-refractivity contribution in [3.63, 3.8) is 0 Å². The fraction of sp³-hybridized carbons (Fsp3) is 1.00. The predicted octanol–water partition coefficient (Wildman–Crippen LogP) is 7.08. The molecule has 8 atom stereocenters. The zero-order valence-electron chi connectivity index (χ0n) is 15.8. The van der Waals surface area contributed by atoms with Gasteiger partial charge in [0.1, 0.15) is 0 Å². The second-order valence-electron chi connectivity index (χ2n) is 9.88. The Morgan fingerprint density at radius 2 is 1.30 bits per heavy atom. The van der Waals surface area contributed by atoms with Gasteiger partial charge >= 0.3 is 0 Å². The summed E-state index contributed by atoms with van der Waals surface area (Å²) in [7, 11) is 0. The van der Waals surface area contributed by atoms with E-state index in [4.69, 9.17) is 0 Å². The van der Waals surface area contributed by atoms with Crippen LogP contribution in [-0.2, 0) is 0 Å². The highest BCUT2D eigenvalue weighted by atomic mass is 14.5. The molecule has 0 aromatic carbocycles. The lowest BCUT2D eigenvalue weighted by Gasteiger charge is -2.56. The smallest absolute Gasteiger partial charge is 0.0352 e. The molecule has 4 fully saturated rings. The van der Waals surface area contributed by atoms with Crippen molar-refractivity contribution in [1.82, 2.24) is 0 Å². The fourth-order valence-electron chi connectivity index (χ4n) is 8.11. The van der Waals surface area contributed by atoms with E-state index < -0.39 is 0 Å². The van der Waals surface area contributed by atoms with E-state index >= 15 is 0 Å². The van der Waals surface area contributed by atoms with Crippen LogP contribution in [0.15, 0.2) is 0 Å². The van der Waals surface area contributed by atoms with Crippen LogP contribution < -0.4 is 0 Å². The Hall–Kier alpha value is 0. The standard InChI is InChI=1S/C23H40/c1-3-7-16(2)18-10-6-11-20-21(18)14-15-22-19-9-5-4-8-17(19)12-13-23(20)22/h16-23H,3-15H2,1-2H3. The first-order valence-corrected chi connectivity index (χ1v) is 11.3. The van der Waals surface area contributed by atoms with Gasteiger partial charge in [-0.2, -0.15) is 0 Å². The van der Waals surface area contributed by atoms with Gasteiger partial charge in [-0.1, -0.05) is 52.4 Å². The minimum Gasteiger partial charge on any atom is -0.0654 e. The SMILES string of the molecule is CCCC(C)C1CCCC2C1CCC1C3CCCCC3CCC12. The Labute approximate surface area is 145 Å². The highest BCUT2D eigenvalue weighted by Crippen LogP contribution is 2.59. The van der Waals surface area contributed by atoms with Crippen molar-refractivity contribution in [2.75, 3.05) is 0 Å². The van der Waals surface area contributed by atoms with Crippen LogP contribution in [0.3, 0.4) is 0 Å². The molecule has 0 nitrogen and oxygen atoms in total. The quantitative estimate of drug-likeness (QED) is 0.521. The molecular formula is C23H40. The van der Waals surface area contributed by atoms with Gasteiger partial charge in [-0.25, -0.2) is 0 Å².